The van der Waals surface area contributed by atoms with Crippen molar-refractivity contribution in [2.45, 2.75) is 12.5 Å². The molecule has 2 aromatic carbocycles. The monoisotopic (exact) mass is 231 g/mol. The fourth-order valence-corrected chi connectivity index (χ4v) is 1.90. The molecule has 3 N–H and O–H groups in total. The Hall–Kier alpha value is -1.58. The average molecular weight is 231 g/mol. The predicted octanol–water partition coefficient (Wildman–Crippen LogP) is 2.23. The summed E-state index contributed by atoms with van der Waals surface area (Å²) in [5, 5.41) is 12.1. The van der Waals surface area contributed by atoms with Gasteiger partial charge in [-0.05, 0) is 47.5 Å². The number of hydrogen-bond donors (Lipinski definition) is 2. The van der Waals surface area contributed by atoms with E-state index < -0.39 is 6.10 Å². The summed E-state index contributed by atoms with van der Waals surface area (Å²) in [6, 6.07) is 11.8. The van der Waals surface area contributed by atoms with E-state index >= 15 is 0 Å². The number of rotatable bonds is 4. The highest BCUT2D eigenvalue weighted by atomic mass is 16.5. The van der Waals surface area contributed by atoms with Crippen molar-refractivity contribution in [1.82, 2.24) is 0 Å². The number of hydrogen-bond acceptors (Lipinski definition) is 3. The lowest BCUT2D eigenvalue weighted by Crippen LogP contribution is -2.06. The molecule has 0 radical (unpaired) electrons. The molecule has 0 bridgehead atoms. The molecule has 17 heavy (non-hydrogen) atoms. The molecule has 0 aliphatic carbocycles. The van der Waals surface area contributed by atoms with Gasteiger partial charge in [0.2, 0.25) is 0 Å². The summed E-state index contributed by atoms with van der Waals surface area (Å²) in [5.74, 6) is 0.841. The van der Waals surface area contributed by atoms with Crippen LogP contribution < -0.4 is 10.5 Å². The smallest absolute Gasteiger partial charge is 0.119 e. The molecule has 0 aliphatic rings. The van der Waals surface area contributed by atoms with Gasteiger partial charge in [0.25, 0.3) is 0 Å². The van der Waals surface area contributed by atoms with Gasteiger partial charge in [-0.25, -0.2) is 0 Å². The standard InChI is InChI=1S/C14H17NO2/c1-17-13-5-4-10-8-12(14(16)6-7-15)3-2-11(10)9-13/h2-5,8-9,14,16H,6-7,15H2,1H3. The third-order valence-electron chi connectivity index (χ3n) is 2.90. The quantitative estimate of drug-likeness (QED) is 0.848. The van der Waals surface area contributed by atoms with E-state index in [0.717, 1.165) is 22.1 Å². The van der Waals surface area contributed by atoms with Gasteiger partial charge in [0.15, 0.2) is 0 Å². The van der Waals surface area contributed by atoms with E-state index in [1.165, 1.54) is 0 Å². The number of aliphatic hydroxyl groups is 1. The maximum atomic E-state index is 9.88. The van der Waals surface area contributed by atoms with Crippen molar-refractivity contribution < 1.29 is 9.84 Å². The third kappa shape index (κ3) is 2.57. The summed E-state index contributed by atoms with van der Waals surface area (Å²) < 4.78 is 5.17. The molecule has 0 saturated heterocycles. The summed E-state index contributed by atoms with van der Waals surface area (Å²) >= 11 is 0. The van der Waals surface area contributed by atoms with Crippen molar-refractivity contribution in [3.05, 3.63) is 42.0 Å². The van der Waals surface area contributed by atoms with Gasteiger partial charge in [0, 0.05) is 0 Å². The normalized spacial score (nSPS) is 12.6. The van der Waals surface area contributed by atoms with Crippen molar-refractivity contribution in [3.8, 4) is 5.75 Å². The number of nitrogens with two attached hydrogens (primary N) is 1. The Morgan fingerprint density at radius 3 is 2.59 bits per heavy atom. The minimum atomic E-state index is -0.480. The lowest BCUT2D eigenvalue weighted by molar-refractivity contribution is 0.170. The van der Waals surface area contributed by atoms with Crippen LogP contribution in [0.25, 0.3) is 10.8 Å². The third-order valence-corrected chi connectivity index (χ3v) is 2.90. The molecule has 2 rings (SSSR count). The number of aliphatic hydroxyl groups excluding tert-OH is 1. The minimum Gasteiger partial charge on any atom is -0.497 e. The Morgan fingerprint density at radius 2 is 1.88 bits per heavy atom. The van der Waals surface area contributed by atoms with Crippen LogP contribution in [0.4, 0.5) is 0 Å². The highest BCUT2D eigenvalue weighted by Crippen LogP contribution is 2.25. The molecule has 0 heterocycles. The largest absolute Gasteiger partial charge is 0.497 e. The Labute approximate surface area is 101 Å². The zero-order chi connectivity index (χ0) is 12.3. The van der Waals surface area contributed by atoms with Crippen molar-refractivity contribution in [2.75, 3.05) is 13.7 Å². The van der Waals surface area contributed by atoms with Crippen LogP contribution in [0, 0.1) is 0 Å². The van der Waals surface area contributed by atoms with Gasteiger partial charge < -0.3 is 15.6 Å². The SMILES string of the molecule is COc1ccc2cc(C(O)CCN)ccc2c1. The van der Waals surface area contributed by atoms with Gasteiger partial charge in [0.1, 0.15) is 5.75 Å². The molecule has 0 aliphatic heterocycles. The van der Waals surface area contributed by atoms with Crippen LogP contribution in [-0.4, -0.2) is 18.8 Å². The van der Waals surface area contributed by atoms with E-state index in [-0.39, 0.29) is 0 Å². The second kappa shape index (κ2) is 5.17. The average Bonchev–Trinajstić information content (AvgIpc) is 2.37. The van der Waals surface area contributed by atoms with Crippen molar-refractivity contribution in [3.63, 3.8) is 0 Å². The Balaban J connectivity index is 2.37. The van der Waals surface area contributed by atoms with E-state index in [0.29, 0.717) is 13.0 Å². The lowest BCUT2D eigenvalue weighted by Gasteiger charge is -2.11. The maximum absolute atomic E-state index is 9.88. The first-order valence-corrected chi connectivity index (χ1v) is 5.70. The molecule has 2 aromatic rings. The molecular weight excluding hydrogens is 214 g/mol. The molecule has 3 heteroatoms. The van der Waals surface area contributed by atoms with Gasteiger partial charge >= 0.3 is 0 Å². The van der Waals surface area contributed by atoms with Crippen LogP contribution in [0.2, 0.25) is 0 Å². The Morgan fingerprint density at radius 1 is 1.18 bits per heavy atom. The molecule has 0 fully saturated rings. The van der Waals surface area contributed by atoms with E-state index in [1.54, 1.807) is 7.11 Å². The fourth-order valence-electron chi connectivity index (χ4n) is 1.90. The zero-order valence-electron chi connectivity index (χ0n) is 9.89. The number of benzene rings is 2. The number of fused-ring (bicyclic) bond motifs is 1. The van der Waals surface area contributed by atoms with E-state index in [1.807, 2.05) is 36.4 Å². The van der Waals surface area contributed by atoms with Crippen LogP contribution in [0.1, 0.15) is 18.1 Å². The van der Waals surface area contributed by atoms with E-state index in [9.17, 15) is 5.11 Å². The van der Waals surface area contributed by atoms with Gasteiger partial charge in [-0.2, -0.15) is 0 Å². The lowest BCUT2D eigenvalue weighted by atomic mass is 10.0. The van der Waals surface area contributed by atoms with Crippen molar-refractivity contribution >= 4 is 10.8 Å². The van der Waals surface area contributed by atoms with Crippen LogP contribution in [0.3, 0.4) is 0 Å². The second-order valence-electron chi connectivity index (χ2n) is 4.07. The van der Waals surface area contributed by atoms with Gasteiger partial charge in [-0.1, -0.05) is 18.2 Å². The molecule has 3 nitrogen and oxygen atoms in total. The number of methoxy groups -OCH3 is 1. The molecule has 0 saturated carbocycles. The van der Waals surface area contributed by atoms with Crippen molar-refractivity contribution in [1.29, 1.82) is 0 Å². The Bertz CT molecular complexity index is 511. The van der Waals surface area contributed by atoms with Crippen LogP contribution in [0.5, 0.6) is 5.75 Å². The topological polar surface area (TPSA) is 55.5 Å². The van der Waals surface area contributed by atoms with Crippen molar-refractivity contribution in [2.24, 2.45) is 5.73 Å². The molecule has 1 atom stereocenters. The molecule has 1 unspecified atom stereocenters. The van der Waals surface area contributed by atoms with Gasteiger partial charge in [-0.15, -0.1) is 0 Å². The van der Waals surface area contributed by atoms with Crippen LogP contribution in [-0.2, 0) is 0 Å². The summed E-state index contributed by atoms with van der Waals surface area (Å²) in [4.78, 5) is 0. The highest BCUT2D eigenvalue weighted by molar-refractivity contribution is 5.84. The predicted molar refractivity (Wildman–Crippen MR) is 69.1 cm³/mol. The van der Waals surface area contributed by atoms with E-state index in [2.05, 4.69) is 0 Å². The molecule has 0 spiro atoms. The maximum Gasteiger partial charge on any atom is 0.119 e. The Kier molecular flexibility index (Phi) is 3.61. The second-order valence-corrected chi connectivity index (χ2v) is 4.07. The summed E-state index contributed by atoms with van der Waals surface area (Å²) in [6.07, 6.45) is 0.105. The van der Waals surface area contributed by atoms with Crippen LogP contribution >= 0.6 is 0 Å². The number of ether oxygens (including phenoxy) is 1. The van der Waals surface area contributed by atoms with E-state index in [4.69, 9.17) is 10.5 Å². The summed E-state index contributed by atoms with van der Waals surface area (Å²) in [7, 11) is 1.65. The fraction of sp³-hybridized carbons (Fsp3) is 0.286. The van der Waals surface area contributed by atoms with Gasteiger partial charge in [0.05, 0.1) is 13.2 Å². The zero-order valence-corrected chi connectivity index (χ0v) is 9.89. The molecular formula is C14H17NO2. The first-order chi connectivity index (χ1) is 8.24. The summed E-state index contributed by atoms with van der Waals surface area (Å²) in [5.41, 5.74) is 6.35. The molecule has 0 amide bonds. The highest BCUT2D eigenvalue weighted by Gasteiger charge is 2.07. The minimum absolute atomic E-state index is 0.480. The van der Waals surface area contributed by atoms with Gasteiger partial charge in [-0.3, -0.25) is 0 Å². The summed E-state index contributed by atoms with van der Waals surface area (Å²) in [6.45, 7) is 0.488. The molecule has 0 aromatic heterocycles. The first kappa shape index (κ1) is 11.9. The first-order valence-electron chi connectivity index (χ1n) is 5.70. The molecule has 90 valence electrons. The van der Waals surface area contributed by atoms with Crippen LogP contribution in [0.15, 0.2) is 36.4 Å².